The Labute approximate surface area is 184 Å². The average Bonchev–Trinajstić information content (AvgIpc) is 3.29. The summed E-state index contributed by atoms with van der Waals surface area (Å²) in [5.74, 6) is 0.899. The van der Waals surface area contributed by atoms with Crippen LogP contribution in [0.5, 0.6) is 11.5 Å². The molecule has 1 heterocycles. The fourth-order valence-electron chi connectivity index (χ4n) is 4.71. The molecule has 1 aliphatic heterocycles. The van der Waals surface area contributed by atoms with Crippen LogP contribution in [0.3, 0.4) is 0 Å². The van der Waals surface area contributed by atoms with E-state index in [0.29, 0.717) is 18.8 Å². The minimum Gasteiger partial charge on any atom is -0.504 e. The third-order valence-electron chi connectivity index (χ3n) is 6.35. The second-order valence-electron chi connectivity index (χ2n) is 8.58. The Morgan fingerprint density at radius 2 is 1.90 bits per heavy atom. The van der Waals surface area contributed by atoms with E-state index in [9.17, 15) is 9.90 Å². The van der Waals surface area contributed by atoms with E-state index in [4.69, 9.17) is 4.74 Å². The number of amides is 1. The second kappa shape index (κ2) is 10.1. The molecule has 2 aliphatic rings. The van der Waals surface area contributed by atoms with E-state index in [0.717, 1.165) is 38.0 Å². The van der Waals surface area contributed by atoms with Gasteiger partial charge in [0.2, 0.25) is 5.91 Å². The SMILES string of the molecule is CNCC(=O)N1CCN(c2ccc(O)c(OC3CCCC3)c2)C[C@@H]1Cc1ccccc1. The van der Waals surface area contributed by atoms with E-state index in [1.165, 1.54) is 18.4 Å². The van der Waals surface area contributed by atoms with Gasteiger partial charge in [0.05, 0.1) is 18.7 Å². The Balaban J connectivity index is 1.52. The minimum absolute atomic E-state index is 0.0880. The van der Waals surface area contributed by atoms with E-state index in [1.54, 1.807) is 6.07 Å². The molecule has 6 nitrogen and oxygen atoms in total. The Bertz CT molecular complexity index is 868. The molecule has 0 unspecified atom stereocenters. The topological polar surface area (TPSA) is 65.0 Å². The smallest absolute Gasteiger partial charge is 0.236 e. The first-order valence-corrected chi connectivity index (χ1v) is 11.4. The van der Waals surface area contributed by atoms with Crippen LogP contribution in [0, 0.1) is 0 Å². The van der Waals surface area contributed by atoms with Gasteiger partial charge in [0.25, 0.3) is 0 Å². The fourth-order valence-corrected chi connectivity index (χ4v) is 4.71. The van der Waals surface area contributed by atoms with E-state index in [-0.39, 0.29) is 23.8 Å². The first-order chi connectivity index (χ1) is 15.1. The summed E-state index contributed by atoms with van der Waals surface area (Å²) in [6.07, 6.45) is 5.49. The second-order valence-corrected chi connectivity index (χ2v) is 8.58. The Morgan fingerprint density at radius 1 is 1.13 bits per heavy atom. The molecule has 0 radical (unpaired) electrons. The third-order valence-corrected chi connectivity index (χ3v) is 6.35. The molecule has 2 N–H and O–H groups in total. The summed E-state index contributed by atoms with van der Waals surface area (Å²) in [7, 11) is 1.81. The van der Waals surface area contributed by atoms with Gasteiger partial charge in [-0.05, 0) is 56.8 Å². The zero-order valence-corrected chi connectivity index (χ0v) is 18.3. The summed E-state index contributed by atoms with van der Waals surface area (Å²) < 4.78 is 6.10. The van der Waals surface area contributed by atoms with Crippen molar-refractivity contribution >= 4 is 11.6 Å². The molecule has 6 heteroatoms. The maximum atomic E-state index is 12.7. The van der Waals surface area contributed by atoms with Crippen LogP contribution in [0.1, 0.15) is 31.2 Å². The van der Waals surface area contributed by atoms with Crippen LogP contribution in [-0.4, -0.2) is 61.3 Å². The number of nitrogens with one attached hydrogen (secondary N) is 1. The number of likely N-dealkylation sites (N-methyl/N-ethyl adjacent to an activating group) is 1. The molecule has 1 saturated heterocycles. The van der Waals surface area contributed by atoms with Crippen molar-refractivity contribution in [2.75, 3.05) is 38.1 Å². The summed E-state index contributed by atoms with van der Waals surface area (Å²) in [5, 5.41) is 13.3. The molecule has 0 aromatic heterocycles. The summed E-state index contributed by atoms with van der Waals surface area (Å²) in [6, 6.07) is 16.1. The number of anilines is 1. The number of ether oxygens (including phenoxy) is 1. The van der Waals surface area contributed by atoms with Gasteiger partial charge in [-0.15, -0.1) is 0 Å². The average molecular weight is 424 g/mol. The van der Waals surface area contributed by atoms with Crippen molar-refractivity contribution in [3.63, 3.8) is 0 Å². The van der Waals surface area contributed by atoms with Crippen molar-refractivity contribution in [3.8, 4) is 11.5 Å². The molecule has 2 aromatic carbocycles. The van der Waals surface area contributed by atoms with Gasteiger partial charge in [-0.25, -0.2) is 0 Å². The molecular formula is C25H33N3O3. The number of hydrogen-bond acceptors (Lipinski definition) is 5. The standard InChI is InChI=1S/C25H33N3O3/c1-26-17-25(30)28-14-13-27(18-21(28)15-19-7-3-2-4-8-19)20-11-12-23(29)24(16-20)31-22-9-5-6-10-22/h2-4,7-8,11-12,16,21-22,26,29H,5-6,9-10,13-15,17-18H2,1H3/t21-/m0/s1. The molecule has 166 valence electrons. The molecule has 1 amide bonds. The molecule has 2 fully saturated rings. The molecule has 31 heavy (non-hydrogen) atoms. The van der Waals surface area contributed by atoms with Crippen molar-refractivity contribution in [1.29, 1.82) is 0 Å². The molecule has 0 spiro atoms. The predicted octanol–water partition coefficient (Wildman–Crippen LogP) is 3.19. The first-order valence-electron chi connectivity index (χ1n) is 11.4. The van der Waals surface area contributed by atoms with Crippen molar-refractivity contribution in [3.05, 3.63) is 54.1 Å². The monoisotopic (exact) mass is 423 g/mol. The highest BCUT2D eigenvalue weighted by Crippen LogP contribution is 2.35. The number of benzene rings is 2. The maximum absolute atomic E-state index is 12.7. The highest BCUT2D eigenvalue weighted by Gasteiger charge is 2.31. The van der Waals surface area contributed by atoms with Gasteiger partial charge in [0.15, 0.2) is 11.5 Å². The summed E-state index contributed by atoms with van der Waals surface area (Å²) >= 11 is 0. The fraction of sp³-hybridized carbons (Fsp3) is 0.480. The number of phenols is 1. The zero-order chi connectivity index (χ0) is 21.6. The van der Waals surface area contributed by atoms with Gasteiger partial charge in [0.1, 0.15) is 0 Å². The number of carbonyl (C=O) groups is 1. The van der Waals surface area contributed by atoms with Crippen molar-refractivity contribution in [2.45, 2.75) is 44.2 Å². The molecule has 4 rings (SSSR count). The molecule has 1 atom stereocenters. The Kier molecular flexibility index (Phi) is 6.97. The van der Waals surface area contributed by atoms with Crippen LogP contribution >= 0.6 is 0 Å². The van der Waals surface area contributed by atoms with Gasteiger partial charge in [-0.1, -0.05) is 30.3 Å². The van der Waals surface area contributed by atoms with E-state index in [1.807, 2.05) is 42.3 Å². The number of rotatable bonds is 7. The quantitative estimate of drug-likeness (QED) is 0.716. The van der Waals surface area contributed by atoms with Crippen molar-refractivity contribution in [2.24, 2.45) is 0 Å². The number of hydrogen-bond donors (Lipinski definition) is 2. The third kappa shape index (κ3) is 5.31. The highest BCUT2D eigenvalue weighted by molar-refractivity contribution is 5.79. The Hall–Kier alpha value is -2.73. The van der Waals surface area contributed by atoms with Gasteiger partial charge < -0.3 is 25.0 Å². The van der Waals surface area contributed by atoms with Gasteiger partial charge >= 0.3 is 0 Å². The maximum Gasteiger partial charge on any atom is 0.236 e. The highest BCUT2D eigenvalue weighted by atomic mass is 16.5. The molecule has 2 aromatic rings. The number of phenolic OH excluding ortho intramolecular Hbond substituents is 1. The zero-order valence-electron chi connectivity index (χ0n) is 18.3. The Morgan fingerprint density at radius 3 is 2.65 bits per heavy atom. The van der Waals surface area contributed by atoms with Crippen LogP contribution in [0.25, 0.3) is 0 Å². The number of piperazine rings is 1. The normalized spacial score (nSPS) is 19.6. The van der Waals surface area contributed by atoms with E-state index >= 15 is 0 Å². The van der Waals surface area contributed by atoms with Gasteiger partial charge in [-0.2, -0.15) is 0 Å². The van der Waals surface area contributed by atoms with E-state index < -0.39 is 0 Å². The van der Waals surface area contributed by atoms with Crippen LogP contribution < -0.4 is 15.0 Å². The van der Waals surface area contributed by atoms with Crippen LogP contribution in [0.15, 0.2) is 48.5 Å². The molecule has 1 aliphatic carbocycles. The number of carbonyl (C=O) groups excluding carboxylic acids is 1. The lowest BCUT2D eigenvalue weighted by atomic mass is 10.0. The minimum atomic E-state index is 0.0880. The van der Waals surface area contributed by atoms with Gasteiger partial charge in [0, 0.05) is 31.4 Å². The molecule has 1 saturated carbocycles. The number of aromatic hydroxyl groups is 1. The van der Waals surface area contributed by atoms with E-state index in [2.05, 4.69) is 22.3 Å². The van der Waals surface area contributed by atoms with Crippen LogP contribution in [0.2, 0.25) is 0 Å². The van der Waals surface area contributed by atoms with Crippen LogP contribution in [-0.2, 0) is 11.2 Å². The first kappa shape index (κ1) is 21.5. The lowest BCUT2D eigenvalue weighted by Crippen LogP contribution is -2.57. The summed E-state index contributed by atoms with van der Waals surface area (Å²) in [6.45, 7) is 2.54. The predicted molar refractivity (Wildman–Crippen MR) is 123 cm³/mol. The summed E-state index contributed by atoms with van der Waals surface area (Å²) in [4.78, 5) is 17.0. The molecular weight excluding hydrogens is 390 g/mol. The molecule has 0 bridgehead atoms. The van der Waals surface area contributed by atoms with Crippen molar-refractivity contribution in [1.82, 2.24) is 10.2 Å². The lowest BCUT2D eigenvalue weighted by Gasteiger charge is -2.43. The largest absolute Gasteiger partial charge is 0.504 e. The number of nitrogens with zero attached hydrogens (tertiary/aromatic N) is 2. The summed E-state index contributed by atoms with van der Waals surface area (Å²) in [5.41, 5.74) is 2.26. The van der Waals surface area contributed by atoms with Gasteiger partial charge in [-0.3, -0.25) is 4.79 Å². The lowest BCUT2D eigenvalue weighted by molar-refractivity contribution is -0.132. The van der Waals surface area contributed by atoms with Crippen molar-refractivity contribution < 1.29 is 14.6 Å². The van der Waals surface area contributed by atoms with Crippen LogP contribution in [0.4, 0.5) is 5.69 Å².